The molecule has 0 aliphatic heterocycles. The summed E-state index contributed by atoms with van der Waals surface area (Å²) in [5.41, 5.74) is 6.01. The first-order valence-corrected chi connectivity index (χ1v) is 14.3. The van der Waals surface area contributed by atoms with Crippen molar-refractivity contribution in [3.8, 4) is 22.5 Å². The van der Waals surface area contributed by atoms with Crippen molar-refractivity contribution in [2.75, 3.05) is 0 Å². The lowest BCUT2D eigenvalue weighted by atomic mass is 9.81. The predicted octanol–water partition coefficient (Wildman–Crippen LogP) is 6.43. The van der Waals surface area contributed by atoms with Crippen LogP contribution in [0.25, 0.3) is 22.5 Å². The molecule has 7 heteroatoms. The second kappa shape index (κ2) is 9.58. The molecular formula is C28H40N4O2S. The van der Waals surface area contributed by atoms with E-state index in [4.69, 9.17) is 5.14 Å². The molecule has 0 unspecified atom stereocenters. The SMILES string of the molecule is Cc1c(S(N)(=O)=O)cc(-c2ccc(-c3ccnn3C(C)C)c(C(C)(C)C)c2)n1CC1CCCCC1. The molecule has 0 saturated heterocycles. The van der Waals surface area contributed by atoms with E-state index in [0.29, 0.717) is 5.92 Å². The molecule has 3 aromatic rings. The van der Waals surface area contributed by atoms with Crippen molar-refractivity contribution >= 4 is 10.0 Å². The lowest BCUT2D eigenvalue weighted by Gasteiger charge is -2.26. The van der Waals surface area contributed by atoms with Gasteiger partial charge in [-0.2, -0.15) is 5.10 Å². The van der Waals surface area contributed by atoms with Crippen LogP contribution in [0, 0.1) is 12.8 Å². The van der Waals surface area contributed by atoms with Gasteiger partial charge in [0, 0.05) is 35.7 Å². The van der Waals surface area contributed by atoms with E-state index in [-0.39, 0.29) is 16.4 Å². The molecule has 1 aliphatic carbocycles. The Morgan fingerprint density at radius 3 is 2.34 bits per heavy atom. The quantitative estimate of drug-likeness (QED) is 0.427. The van der Waals surface area contributed by atoms with E-state index >= 15 is 0 Å². The van der Waals surface area contributed by atoms with Gasteiger partial charge >= 0.3 is 0 Å². The van der Waals surface area contributed by atoms with Crippen molar-refractivity contribution in [1.82, 2.24) is 14.3 Å². The van der Waals surface area contributed by atoms with Crippen molar-refractivity contribution in [2.45, 2.75) is 96.5 Å². The van der Waals surface area contributed by atoms with E-state index in [1.165, 1.54) is 37.7 Å². The number of rotatable bonds is 6. The number of hydrogen-bond donors (Lipinski definition) is 1. The Balaban J connectivity index is 1.88. The number of hydrogen-bond acceptors (Lipinski definition) is 3. The van der Waals surface area contributed by atoms with Crippen LogP contribution in [0.2, 0.25) is 0 Å². The van der Waals surface area contributed by atoms with Crippen molar-refractivity contribution in [3.05, 3.63) is 47.8 Å². The largest absolute Gasteiger partial charge is 0.343 e. The van der Waals surface area contributed by atoms with Gasteiger partial charge in [-0.05, 0) is 74.3 Å². The third kappa shape index (κ3) is 5.26. The van der Waals surface area contributed by atoms with E-state index in [2.05, 4.69) is 73.2 Å². The molecule has 6 nitrogen and oxygen atoms in total. The van der Waals surface area contributed by atoms with E-state index in [1.54, 1.807) is 6.07 Å². The zero-order valence-corrected chi connectivity index (χ0v) is 22.8. The number of benzene rings is 1. The topological polar surface area (TPSA) is 82.9 Å². The molecule has 2 N–H and O–H groups in total. The number of aromatic nitrogens is 3. The minimum absolute atomic E-state index is 0.115. The summed E-state index contributed by atoms with van der Waals surface area (Å²) < 4.78 is 29.1. The van der Waals surface area contributed by atoms with Gasteiger partial charge in [0.1, 0.15) is 4.90 Å². The molecule has 2 aromatic heterocycles. The Hall–Kier alpha value is -2.38. The molecule has 1 saturated carbocycles. The van der Waals surface area contributed by atoms with Crippen LogP contribution in [-0.4, -0.2) is 22.8 Å². The van der Waals surface area contributed by atoms with Gasteiger partial charge in [0.2, 0.25) is 10.0 Å². The number of primary sulfonamides is 1. The lowest BCUT2D eigenvalue weighted by Crippen LogP contribution is -2.18. The van der Waals surface area contributed by atoms with Gasteiger partial charge in [-0.15, -0.1) is 0 Å². The maximum absolute atomic E-state index is 12.4. The highest BCUT2D eigenvalue weighted by molar-refractivity contribution is 7.89. The monoisotopic (exact) mass is 496 g/mol. The van der Waals surface area contributed by atoms with E-state index < -0.39 is 10.0 Å². The van der Waals surface area contributed by atoms with Gasteiger partial charge in [0.25, 0.3) is 0 Å². The fraction of sp³-hybridized carbons (Fsp3) is 0.536. The molecule has 2 heterocycles. The van der Waals surface area contributed by atoms with Crippen molar-refractivity contribution < 1.29 is 8.42 Å². The molecule has 0 spiro atoms. The average Bonchev–Trinajstić information content (AvgIpc) is 3.39. The maximum atomic E-state index is 12.4. The Labute approximate surface area is 210 Å². The Bertz CT molecular complexity index is 1300. The summed E-state index contributed by atoms with van der Waals surface area (Å²) in [6.07, 6.45) is 8.01. The summed E-state index contributed by atoms with van der Waals surface area (Å²) in [6.45, 7) is 13.6. The molecule has 0 atom stereocenters. The highest BCUT2D eigenvalue weighted by atomic mass is 32.2. The molecule has 0 radical (unpaired) electrons. The normalized spacial score (nSPS) is 15.8. The van der Waals surface area contributed by atoms with Crippen molar-refractivity contribution in [3.63, 3.8) is 0 Å². The molecule has 0 amide bonds. The number of sulfonamides is 1. The summed E-state index contributed by atoms with van der Waals surface area (Å²) in [6, 6.07) is 10.6. The highest BCUT2D eigenvalue weighted by Gasteiger charge is 2.26. The second-order valence-electron chi connectivity index (χ2n) is 11.4. The van der Waals surface area contributed by atoms with Crippen LogP contribution in [0.1, 0.15) is 84.0 Å². The van der Waals surface area contributed by atoms with Crippen LogP contribution in [0.4, 0.5) is 0 Å². The Kier molecular flexibility index (Phi) is 7.04. The van der Waals surface area contributed by atoms with E-state index in [0.717, 1.165) is 34.8 Å². The molecule has 4 rings (SSSR count). The summed E-state index contributed by atoms with van der Waals surface area (Å²) in [7, 11) is -3.81. The third-order valence-corrected chi connectivity index (χ3v) is 8.38. The molecular weight excluding hydrogens is 456 g/mol. The van der Waals surface area contributed by atoms with Gasteiger partial charge < -0.3 is 4.57 Å². The van der Waals surface area contributed by atoms with Crippen LogP contribution >= 0.6 is 0 Å². The van der Waals surface area contributed by atoms with Gasteiger partial charge in [-0.25, -0.2) is 13.6 Å². The van der Waals surface area contributed by atoms with Gasteiger partial charge in [0.05, 0.1) is 5.69 Å². The minimum atomic E-state index is -3.81. The van der Waals surface area contributed by atoms with Gasteiger partial charge in [-0.1, -0.05) is 52.2 Å². The molecule has 0 bridgehead atoms. The first kappa shape index (κ1) is 25.7. The third-order valence-electron chi connectivity index (χ3n) is 7.35. The Morgan fingerprint density at radius 2 is 1.74 bits per heavy atom. The highest BCUT2D eigenvalue weighted by Crippen LogP contribution is 2.39. The first-order chi connectivity index (χ1) is 16.4. The molecule has 1 aliphatic rings. The lowest BCUT2D eigenvalue weighted by molar-refractivity contribution is 0.318. The van der Waals surface area contributed by atoms with Crippen LogP contribution < -0.4 is 5.14 Å². The molecule has 35 heavy (non-hydrogen) atoms. The summed E-state index contributed by atoms with van der Waals surface area (Å²) >= 11 is 0. The fourth-order valence-electron chi connectivity index (χ4n) is 5.50. The smallest absolute Gasteiger partial charge is 0.239 e. The average molecular weight is 497 g/mol. The zero-order valence-electron chi connectivity index (χ0n) is 22.0. The molecule has 1 fully saturated rings. The number of nitrogens with zero attached hydrogens (tertiary/aromatic N) is 3. The van der Waals surface area contributed by atoms with Crippen LogP contribution in [0.15, 0.2) is 41.4 Å². The Morgan fingerprint density at radius 1 is 1.06 bits per heavy atom. The molecule has 1 aromatic carbocycles. The summed E-state index contributed by atoms with van der Waals surface area (Å²) in [4.78, 5) is 0.225. The standard InChI is InChI=1S/C28H40N4O2S/c1-19(2)32-25(14-15-30-32)23-13-12-22(16-24(23)28(4,5)6)26-17-27(35(29,33)34)20(3)31(26)18-21-10-8-7-9-11-21/h12-17,19,21H,7-11,18H2,1-6H3,(H2,29,33,34). The summed E-state index contributed by atoms with van der Waals surface area (Å²) in [5, 5.41) is 10.2. The second-order valence-corrected chi connectivity index (χ2v) is 12.9. The zero-order chi connectivity index (χ0) is 25.5. The van der Waals surface area contributed by atoms with Crippen molar-refractivity contribution in [1.29, 1.82) is 0 Å². The molecule has 190 valence electrons. The predicted molar refractivity (Wildman–Crippen MR) is 143 cm³/mol. The fourth-order valence-corrected chi connectivity index (χ4v) is 6.29. The van der Waals surface area contributed by atoms with Crippen LogP contribution in [0.5, 0.6) is 0 Å². The van der Waals surface area contributed by atoms with Crippen LogP contribution in [-0.2, 0) is 22.0 Å². The number of nitrogens with two attached hydrogens (primary N) is 1. The minimum Gasteiger partial charge on any atom is -0.343 e. The van der Waals surface area contributed by atoms with Crippen LogP contribution in [0.3, 0.4) is 0 Å². The summed E-state index contributed by atoms with van der Waals surface area (Å²) in [5.74, 6) is 0.559. The maximum Gasteiger partial charge on any atom is 0.239 e. The van der Waals surface area contributed by atoms with E-state index in [1.807, 2.05) is 13.1 Å². The van der Waals surface area contributed by atoms with Gasteiger partial charge in [0.15, 0.2) is 0 Å². The van der Waals surface area contributed by atoms with E-state index in [9.17, 15) is 8.42 Å². The first-order valence-electron chi connectivity index (χ1n) is 12.8. The van der Waals surface area contributed by atoms with Gasteiger partial charge in [-0.3, -0.25) is 4.68 Å². The van der Waals surface area contributed by atoms with Crippen molar-refractivity contribution in [2.24, 2.45) is 11.1 Å².